The Morgan fingerprint density at radius 3 is 3.04 bits per heavy atom. The number of ether oxygens (including phenoxy) is 1. The molecule has 5 heteroatoms. The van der Waals surface area contributed by atoms with Gasteiger partial charge in [0.15, 0.2) is 0 Å². The molecule has 1 N–H and O–H groups in total. The van der Waals surface area contributed by atoms with Crippen LogP contribution in [0.1, 0.15) is 25.3 Å². The Balaban J connectivity index is 1.64. The van der Waals surface area contributed by atoms with Crippen LogP contribution in [-0.4, -0.2) is 54.0 Å². The van der Waals surface area contributed by atoms with Crippen LogP contribution in [0.2, 0.25) is 0 Å². The number of carbonyl (C=O) groups is 1. The minimum Gasteiger partial charge on any atom is -0.360 e. The third-order valence-electron chi connectivity index (χ3n) is 7.85. The quantitative estimate of drug-likeness (QED) is 0.722. The minimum atomic E-state index is -1.35. The Morgan fingerprint density at radius 2 is 2.19 bits per heavy atom. The zero-order valence-corrected chi connectivity index (χ0v) is 15.0. The second kappa shape index (κ2) is 4.97. The molecule has 26 heavy (non-hydrogen) atoms. The number of amides is 1. The smallest absolute Gasteiger partial charge is 0.284 e. The van der Waals surface area contributed by atoms with Gasteiger partial charge in [-0.3, -0.25) is 9.69 Å². The number of benzene rings is 1. The Bertz CT molecular complexity index is 836. The number of nitrogens with zero attached hydrogens (tertiary/aromatic N) is 2. The normalized spacial score (nSPS) is 44.8. The molecular weight excluding hydrogens is 328 g/mol. The average molecular weight is 352 g/mol. The summed E-state index contributed by atoms with van der Waals surface area (Å²) in [6, 6.07) is 8.94. The molecule has 1 spiro atoms. The summed E-state index contributed by atoms with van der Waals surface area (Å²) in [7, 11) is 0. The number of anilines is 1. The van der Waals surface area contributed by atoms with Crippen molar-refractivity contribution in [1.29, 1.82) is 0 Å². The lowest BCUT2D eigenvalue weighted by atomic mass is 9.55. The molecule has 0 radical (unpaired) electrons. The summed E-state index contributed by atoms with van der Waals surface area (Å²) in [5, 5.41) is 10.3. The Morgan fingerprint density at radius 1 is 1.35 bits per heavy atom. The van der Waals surface area contributed by atoms with E-state index < -0.39 is 6.29 Å². The first-order chi connectivity index (χ1) is 12.7. The molecule has 136 valence electrons. The topological polar surface area (TPSA) is 53.0 Å². The van der Waals surface area contributed by atoms with Crippen molar-refractivity contribution in [2.45, 2.75) is 43.6 Å². The summed E-state index contributed by atoms with van der Waals surface area (Å²) in [6.07, 6.45) is 3.13. The molecule has 3 saturated heterocycles. The van der Waals surface area contributed by atoms with Crippen LogP contribution in [0.15, 0.2) is 35.9 Å². The van der Waals surface area contributed by atoms with Crippen molar-refractivity contribution >= 4 is 11.6 Å². The lowest BCUT2D eigenvalue weighted by Gasteiger charge is -2.55. The number of rotatable bonds is 0. The molecule has 6 rings (SSSR count). The summed E-state index contributed by atoms with van der Waals surface area (Å²) in [5.74, 6) is 0.390. The SMILES string of the molecule is CC=C1CN2CC[C@]34c5ccccc5N5C(=O)[C@H](O)OC[C@@H]([C@@H]1C[C@@H]23)[C@@H]54. The van der Waals surface area contributed by atoms with Crippen LogP contribution < -0.4 is 4.90 Å². The number of piperidine rings is 1. The number of aliphatic hydroxyl groups excluding tert-OH is 1. The van der Waals surface area contributed by atoms with E-state index in [1.165, 1.54) is 11.1 Å². The van der Waals surface area contributed by atoms with Gasteiger partial charge in [0, 0.05) is 29.6 Å². The third kappa shape index (κ3) is 1.57. The molecule has 1 saturated carbocycles. The van der Waals surface area contributed by atoms with Gasteiger partial charge in [-0.05, 0) is 43.9 Å². The molecule has 2 bridgehead atoms. The number of carbonyl (C=O) groups excluding carboxylic acids is 1. The van der Waals surface area contributed by atoms with E-state index in [1.54, 1.807) is 0 Å². The molecule has 4 heterocycles. The summed E-state index contributed by atoms with van der Waals surface area (Å²) in [5.41, 5.74) is 3.77. The first kappa shape index (κ1) is 15.4. The van der Waals surface area contributed by atoms with Crippen molar-refractivity contribution in [3.63, 3.8) is 0 Å². The monoisotopic (exact) mass is 352 g/mol. The zero-order valence-electron chi connectivity index (χ0n) is 15.0. The summed E-state index contributed by atoms with van der Waals surface area (Å²) >= 11 is 0. The molecule has 6 atom stereocenters. The van der Waals surface area contributed by atoms with E-state index >= 15 is 0 Å². The van der Waals surface area contributed by atoms with Crippen molar-refractivity contribution in [3.05, 3.63) is 41.5 Å². The number of fused-ring (bicyclic) bond motifs is 4. The van der Waals surface area contributed by atoms with E-state index in [0.29, 0.717) is 18.6 Å². The van der Waals surface area contributed by atoms with Crippen LogP contribution >= 0.6 is 0 Å². The van der Waals surface area contributed by atoms with Crippen molar-refractivity contribution in [2.75, 3.05) is 24.6 Å². The highest BCUT2D eigenvalue weighted by molar-refractivity contribution is 5.99. The van der Waals surface area contributed by atoms with Crippen LogP contribution in [0.25, 0.3) is 0 Å². The molecule has 0 aromatic heterocycles. The Kier molecular flexibility index (Phi) is 2.94. The van der Waals surface area contributed by atoms with Gasteiger partial charge in [0.1, 0.15) is 0 Å². The Hall–Kier alpha value is -1.69. The van der Waals surface area contributed by atoms with E-state index in [2.05, 4.69) is 36.1 Å². The molecule has 5 aliphatic rings. The number of hydrogen-bond acceptors (Lipinski definition) is 4. The van der Waals surface area contributed by atoms with Crippen molar-refractivity contribution < 1.29 is 14.6 Å². The predicted octanol–water partition coefficient (Wildman–Crippen LogP) is 1.66. The van der Waals surface area contributed by atoms with E-state index in [1.807, 2.05) is 11.0 Å². The highest BCUT2D eigenvalue weighted by Crippen LogP contribution is 2.63. The van der Waals surface area contributed by atoms with Crippen molar-refractivity contribution in [3.8, 4) is 0 Å². The highest BCUT2D eigenvalue weighted by Gasteiger charge is 2.69. The molecule has 1 amide bonds. The summed E-state index contributed by atoms with van der Waals surface area (Å²) < 4.78 is 5.66. The van der Waals surface area contributed by atoms with Crippen molar-refractivity contribution in [1.82, 2.24) is 4.90 Å². The summed E-state index contributed by atoms with van der Waals surface area (Å²) in [6.45, 7) is 4.71. The number of allylic oxidation sites excluding steroid dienone is 1. The largest absolute Gasteiger partial charge is 0.360 e. The molecule has 5 nitrogen and oxygen atoms in total. The highest BCUT2D eigenvalue weighted by atomic mass is 16.6. The average Bonchev–Trinajstić information content (AvgIpc) is 3.16. The maximum Gasteiger partial charge on any atom is 0.284 e. The molecule has 1 aromatic carbocycles. The molecule has 1 aliphatic carbocycles. The first-order valence-corrected chi connectivity index (χ1v) is 9.78. The summed E-state index contributed by atoms with van der Waals surface area (Å²) in [4.78, 5) is 17.6. The van der Waals surface area contributed by atoms with E-state index in [0.717, 1.165) is 31.6 Å². The van der Waals surface area contributed by atoms with Crippen LogP contribution in [0.3, 0.4) is 0 Å². The van der Waals surface area contributed by atoms with Crippen molar-refractivity contribution in [2.24, 2.45) is 11.8 Å². The second-order valence-electron chi connectivity index (χ2n) is 8.50. The van der Waals surface area contributed by atoms with E-state index in [-0.39, 0.29) is 23.3 Å². The van der Waals surface area contributed by atoms with Gasteiger partial charge in [-0.25, -0.2) is 0 Å². The van der Waals surface area contributed by atoms with Crippen LogP contribution in [0.5, 0.6) is 0 Å². The van der Waals surface area contributed by atoms with Gasteiger partial charge < -0.3 is 14.7 Å². The fourth-order valence-electron chi connectivity index (χ4n) is 6.95. The van der Waals surface area contributed by atoms with E-state index in [4.69, 9.17) is 4.74 Å². The Labute approximate surface area is 153 Å². The first-order valence-electron chi connectivity index (χ1n) is 9.78. The number of hydrogen-bond donors (Lipinski definition) is 1. The van der Waals surface area contributed by atoms with Gasteiger partial charge in [0.25, 0.3) is 5.91 Å². The fourth-order valence-corrected chi connectivity index (χ4v) is 6.95. The predicted molar refractivity (Wildman–Crippen MR) is 96.7 cm³/mol. The van der Waals surface area contributed by atoms with Crippen LogP contribution in [0, 0.1) is 11.8 Å². The molecule has 4 fully saturated rings. The lowest BCUT2D eigenvalue weighted by Crippen LogP contribution is -2.65. The van der Waals surface area contributed by atoms with E-state index in [9.17, 15) is 9.90 Å². The lowest BCUT2D eigenvalue weighted by molar-refractivity contribution is -0.154. The van der Waals surface area contributed by atoms with Crippen LogP contribution in [-0.2, 0) is 14.9 Å². The van der Waals surface area contributed by atoms with Crippen LogP contribution in [0.4, 0.5) is 5.69 Å². The molecular formula is C21H24N2O3. The van der Waals surface area contributed by atoms with Gasteiger partial charge in [0.05, 0.1) is 12.6 Å². The molecule has 4 aliphatic heterocycles. The molecule has 0 unspecified atom stereocenters. The second-order valence-corrected chi connectivity index (χ2v) is 8.50. The van der Waals surface area contributed by atoms with Gasteiger partial charge in [-0.1, -0.05) is 29.8 Å². The minimum absolute atomic E-state index is 0.0138. The van der Waals surface area contributed by atoms with Gasteiger partial charge >= 0.3 is 0 Å². The standard InChI is InChI=1S/C21H24N2O3/c1-2-12-10-22-8-7-21-15-5-3-4-6-16(15)23-18(21)14(13(12)9-17(21)22)11-26-20(25)19(23)24/h2-6,13-14,17-18,20,25H,7-11H2,1H3/t13-,14+,17-,18-,20-,21+/m1/s1. The van der Waals surface area contributed by atoms with Gasteiger partial charge in [0.2, 0.25) is 6.29 Å². The zero-order chi connectivity index (χ0) is 17.6. The van der Waals surface area contributed by atoms with Gasteiger partial charge in [-0.2, -0.15) is 0 Å². The molecule has 1 aromatic rings. The fraction of sp³-hybridized carbons (Fsp3) is 0.571. The number of aliphatic hydroxyl groups is 1. The number of para-hydroxylation sites is 1. The maximum absolute atomic E-state index is 13.1. The third-order valence-corrected chi connectivity index (χ3v) is 7.85. The maximum atomic E-state index is 13.1. The van der Waals surface area contributed by atoms with Gasteiger partial charge in [-0.15, -0.1) is 0 Å².